The van der Waals surface area contributed by atoms with Crippen LogP contribution in [0.4, 0.5) is 0 Å². The third-order valence-corrected chi connectivity index (χ3v) is 6.38. The Labute approximate surface area is 204 Å². The molecular weight excluding hydrogens is 464 g/mol. The van der Waals surface area contributed by atoms with Gasteiger partial charge in [-0.1, -0.05) is 24.3 Å². The highest BCUT2D eigenvalue weighted by atomic mass is 16.6. The number of para-hydroxylation sites is 2. The van der Waals surface area contributed by atoms with Crippen LogP contribution in [0.5, 0.6) is 29.1 Å². The van der Waals surface area contributed by atoms with Crippen molar-refractivity contribution < 1.29 is 27.8 Å². The predicted octanol–water partition coefficient (Wildman–Crippen LogP) is 5.21. The van der Waals surface area contributed by atoms with Crippen LogP contribution in [0, 0.1) is 0 Å². The van der Waals surface area contributed by atoms with Gasteiger partial charge in [0.05, 0.1) is 49.1 Å². The number of methoxy groups -OCH3 is 3. The number of fused-ring (bicyclic) bond motifs is 4. The van der Waals surface area contributed by atoms with Crippen molar-refractivity contribution in [2.45, 2.75) is 5.92 Å². The zero-order chi connectivity index (χ0) is 25.0. The van der Waals surface area contributed by atoms with E-state index in [1.165, 1.54) is 21.3 Å². The Balaban J connectivity index is 1.75. The van der Waals surface area contributed by atoms with E-state index >= 15 is 0 Å². The molecule has 8 heteroatoms. The van der Waals surface area contributed by atoms with Crippen LogP contribution in [0.2, 0.25) is 0 Å². The molecule has 5 aromatic rings. The first-order chi connectivity index (χ1) is 17.5. The molecule has 0 unspecified atom stereocenters. The van der Waals surface area contributed by atoms with E-state index in [9.17, 15) is 9.59 Å². The van der Waals surface area contributed by atoms with Crippen molar-refractivity contribution in [3.8, 4) is 29.1 Å². The Morgan fingerprint density at radius 1 is 0.667 bits per heavy atom. The van der Waals surface area contributed by atoms with Crippen molar-refractivity contribution in [1.29, 1.82) is 0 Å². The van der Waals surface area contributed by atoms with Crippen LogP contribution in [0.3, 0.4) is 0 Å². The maximum absolute atomic E-state index is 13.8. The lowest BCUT2D eigenvalue weighted by molar-refractivity contribution is 0.266. The van der Waals surface area contributed by atoms with E-state index < -0.39 is 5.92 Å². The summed E-state index contributed by atoms with van der Waals surface area (Å²) >= 11 is 0. The molecule has 6 rings (SSSR count). The Bertz CT molecular complexity index is 1660. The maximum atomic E-state index is 13.8. The van der Waals surface area contributed by atoms with Crippen molar-refractivity contribution in [1.82, 2.24) is 0 Å². The summed E-state index contributed by atoms with van der Waals surface area (Å²) in [6.45, 7) is 0. The van der Waals surface area contributed by atoms with Crippen molar-refractivity contribution in [3.63, 3.8) is 0 Å². The van der Waals surface area contributed by atoms with Gasteiger partial charge in [0.15, 0.2) is 11.5 Å². The highest BCUT2D eigenvalue weighted by molar-refractivity contribution is 5.81. The standard InChI is InChI=1S/C28H20O8/c1-31-19-12-14(13-20(32-2)26(19)33-3)21-22-24(29)15-8-4-6-10-17(15)34-27(22)36-28-23(21)25(30)16-9-5-7-11-18(16)35-28/h4-13,21H,1-3H3. The lowest BCUT2D eigenvalue weighted by atomic mass is 9.83. The summed E-state index contributed by atoms with van der Waals surface area (Å²) in [6.07, 6.45) is 0. The van der Waals surface area contributed by atoms with Gasteiger partial charge < -0.3 is 27.8 Å². The fraction of sp³-hybridized carbons (Fsp3) is 0.143. The topological polar surface area (TPSA) is 97.3 Å². The van der Waals surface area contributed by atoms with Gasteiger partial charge >= 0.3 is 11.9 Å². The minimum absolute atomic E-state index is 0.0385. The molecular formula is C28H20O8. The van der Waals surface area contributed by atoms with E-state index in [0.717, 1.165) is 0 Å². The van der Waals surface area contributed by atoms with Crippen LogP contribution in [0.25, 0.3) is 21.9 Å². The van der Waals surface area contributed by atoms with E-state index in [4.69, 9.17) is 27.8 Å². The van der Waals surface area contributed by atoms with E-state index in [1.54, 1.807) is 60.7 Å². The number of benzene rings is 3. The first kappa shape index (κ1) is 21.8. The molecule has 36 heavy (non-hydrogen) atoms. The van der Waals surface area contributed by atoms with Crippen LogP contribution in [0.15, 0.2) is 79.1 Å². The second kappa shape index (κ2) is 8.20. The molecule has 180 valence electrons. The highest BCUT2D eigenvalue weighted by Crippen LogP contribution is 2.49. The summed E-state index contributed by atoms with van der Waals surface area (Å²) < 4.78 is 34.5. The fourth-order valence-electron chi connectivity index (χ4n) is 4.75. The smallest absolute Gasteiger partial charge is 0.301 e. The van der Waals surface area contributed by atoms with Crippen LogP contribution in [-0.2, 0) is 0 Å². The fourth-order valence-corrected chi connectivity index (χ4v) is 4.75. The van der Waals surface area contributed by atoms with Gasteiger partial charge in [0, 0.05) is 0 Å². The second-order valence-electron chi connectivity index (χ2n) is 8.25. The molecule has 8 nitrogen and oxygen atoms in total. The summed E-state index contributed by atoms with van der Waals surface area (Å²) in [5.41, 5.74) is 0.983. The molecule has 0 saturated carbocycles. The third kappa shape index (κ3) is 3.07. The first-order valence-electron chi connectivity index (χ1n) is 11.1. The largest absolute Gasteiger partial charge is 0.493 e. The summed E-state index contributed by atoms with van der Waals surface area (Å²) in [6, 6.07) is 17.1. The molecule has 0 atom stereocenters. The summed E-state index contributed by atoms with van der Waals surface area (Å²) in [5.74, 6) is 0.159. The lowest BCUT2D eigenvalue weighted by Crippen LogP contribution is -2.26. The van der Waals surface area contributed by atoms with Crippen LogP contribution in [-0.4, -0.2) is 21.3 Å². The molecule has 1 aliphatic heterocycles. The molecule has 0 saturated heterocycles. The minimum atomic E-state index is -0.890. The zero-order valence-corrected chi connectivity index (χ0v) is 19.6. The molecule has 2 aromatic heterocycles. The van der Waals surface area contributed by atoms with Crippen LogP contribution >= 0.6 is 0 Å². The van der Waals surface area contributed by atoms with Gasteiger partial charge in [-0.15, -0.1) is 0 Å². The van der Waals surface area contributed by atoms with E-state index in [1.807, 2.05) is 0 Å². The van der Waals surface area contributed by atoms with Gasteiger partial charge in [-0.3, -0.25) is 9.59 Å². The van der Waals surface area contributed by atoms with E-state index in [-0.39, 0.29) is 33.9 Å². The Morgan fingerprint density at radius 3 is 1.58 bits per heavy atom. The molecule has 1 aliphatic rings. The van der Waals surface area contributed by atoms with Gasteiger partial charge in [-0.2, -0.15) is 0 Å². The monoisotopic (exact) mass is 484 g/mol. The molecule has 0 radical (unpaired) electrons. The molecule has 0 bridgehead atoms. The van der Waals surface area contributed by atoms with Gasteiger partial charge in [0.1, 0.15) is 11.2 Å². The number of ether oxygens (including phenoxy) is 4. The molecule has 0 amide bonds. The zero-order valence-electron chi connectivity index (χ0n) is 19.6. The van der Waals surface area contributed by atoms with Crippen molar-refractivity contribution in [3.05, 3.63) is 97.8 Å². The van der Waals surface area contributed by atoms with Gasteiger partial charge in [-0.05, 0) is 42.0 Å². The quantitative estimate of drug-likeness (QED) is 0.336. The average molecular weight is 484 g/mol. The van der Waals surface area contributed by atoms with Crippen LogP contribution < -0.4 is 29.8 Å². The molecule has 0 spiro atoms. The van der Waals surface area contributed by atoms with Gasteiger partial charge in [-0.25, -0.2) is 0 Å². The normalized spacial score (nSPS) is 12.6. The minimum Gasteiger partial charge on any atom is -0.493 e. The van der Waals surface area contributed by atoms with Gasteiger partial charge in [0.2, 0.25) is 16.6 Å². The maximum Gasteiger partial charge on any atom is 0.301 e. The first-order valence-corrected chi connectivity index (χ1v) is 11.1. The lowest BCUT2D eigenvalue weighted by Gasteiger charge is -2.26. The second-order valence-corrected chi connectivity index (χ2v) is 8.25. The number of rotatable bonds is 4. The Hall–Kier alpha value is -4.72. The molecule has 3 heterocycles. The summed E-state index contributed by atoms with van der Waals surface area (Å²) in [5, 5.41) is 0.733. The van der Waals surface area contributed by atoms with Crippen molar-refractivity contribution >= 4 is 21.9 Å². The molecule has 0 fully saturated rings. The number of hydrogen-bond donors (Lipinski definition) is 0. The summed E-state index contributed by atoms with van der Waals surface area (Å²) in [4.78, 5) is 27.6. The summed E-state index contributed by atoms with van der Waals surface area (Å²) in [7, 11) is 4.49. The molecule has 0 N–H and O–H groups in total. The van der Waals surface area contributed by atoms with Crippen molar-refractivity contribution in [2.75, 3.05) is 21.3 Å². The van der Waals surface area contributed by atoms with Gasteiger partial charge in [0.25, 0.3) is 0 Å². The molecule has 3 aromatic carbocycles. The van der Waals surface area contributed by atoms with Crippen molar-refractivity contribution in [2.24, 2.45) is 0 Å². The van der Waals surface area contributed by atoms with E-state index in [2.05, 4.69) is 0 Å². The molecule has 0 aliphatic carbocycles. The van der Waals surface area contributed by atoms with Crippen LogP contribution in [0.1, 0.15) is 22.6 Å². The third-order valence-electron chi connectivity index (χ3n) is 6.38. The Kier molecular flexibility index (Phi) is 4.96. The SMILES string of the molecule is COc1cc(C2c3c(oc4ccccc4c3=O)Oc3oc4ccccc4c(=O)c32)cc(OC)c1OC. The Morgan fingerprint density at radius 2 is 1.14 bits per heavy atom. The highest BCUT2D eigenvalue weighted by Gasteiger charge is 2.39. The average Bonchev–Trinajstić information content (AvgIpc) is 2.91. The predicted molar refractivity (Wildman–Crippen MR) is 132 cm³/mol. The van der Waals surface area contributed by atoms with E-state index in [0.29, 0.717) is 44.8 Å². The number of hydrogen-bond acceptors (Lipinski definition) is 8.